The van der Waals surface area contributed by atoms with Crippen LogP contribution in [0.25, 0.3) is 0 Å². The number of carbonyl (C=O) groups excluding carboxylic acids is 1. The summed E-state index contributed by atoms with van der Waals surface area (Å²) in [5.74, 6) is 1.52. The Morgan fingerprint density at radius 2 is 1.86 bits per heavy atom. The summed E-state index contributed by atoms with van der Waals surface area (Å²) in [5.41, 5.74) is 2.77. The highest BCUT2D eigenvalue weighted by Crippen LogP contribution is 2.14. The maximum Gasteiger partial charge on any atom is 0.274 e. The molecule has 1 amide bonds. The van der Waals surface area contributed by atoms with Crippen LogP contribution >= 0.6 is 0 Å². The maximum atomic E-state index is 12.7. The van der Waals surface area contributed by atoms with E-state index in [1.54, 1.807) is 18.6 Å². The van der Waals surface area contributed by atoms with Crippen molar-refractivity contribution in [3.63, 3.8) is 0 Å². The van der Waals surface area contributed by atoms with Crippen molar-refractivity contribution >= 4 is 17.5 Å². The van der Waals surface area contributed by atoms with Crippen LogP contribution in [0.5, 0.6) is 0 Å². The second kappa shape index (κ2) is 8.68. The van der Waals surface area contributed by atoms with Crippen LogP contribution in [0.4, 0.5) is 11.6 Å². The molecule has 0 unspecified atom stereocenters. The van der Waals surface area contributed by atoms with E-state index < -0.39 is 0 Å². The summed E-state index contributed by atoms with van der Waals surface area (Å²) in [6, 6.07) is 14.2. The number of anilines is 2. The molecule has 1 N–H and O–H groups in total. The number of rotatable bonds is 5. The second-order valence-electron chi connectivity index (χ2n) is 7.10. The Morgan fingerprint density at radius 1 is 1.00 bits per heavy atom. The topological polar surface area (TPSA) is 74.2 Å². The van der Waals surface area contributed by atoms with Crippen LogP contribution in [0.2, 0.25) is 0 Å². The first-order valence-corrected chi connectivity index (χ1v) is 9.76. The Kier molecular flexibility index (Phi) is 5.65. The third kappa shape index (κ3) is 4.68. The first kappa shape index (κ1) is 18.9. The van der Waals surface area contributed by atoms with Gasteiger partial charge in [0.25, 0.3) is 5.91 Å². The van der Waals surface area contributed by atoms with E-state index in [0.29, 0.717) is 31.1 Å². The molecule has 1 saturated heterocycles. The Bertz CT molecular complexity index is 953. The molecule has 1 aromatic carbocycles. The number of nitrogens with zero attached hydrogens (tertiary/aromatic N) is 5. The minimum Gasteiger partial charge on any atom is -0.365 e. The zero-order valence-electron chi connectivity index (χ0n) is 16.5. The Morgan fingerprint density at radius 3 is 2.55 bits per heavy atom. The number of aromatic nitrogens is 3. The molecule has 4 rings (SSSR count). The average molecular weight is 388 g/mol. The lowest BCUT2D eigenvalue weighted by Gasteiger charge is -2.35. The third-order valence-corrected chi connectivity index (χ3v) is 4.97. The lowest BCUT2D eigenvalue weighted by Crippen LogP contribution is -2.49. The first-order valence-electron chi connectivity index (χ1n) is 9.76. The van der Waals surface area contributed by atoms with Crippen molar-refractivity contribution in [3.8, 4) is 0 Å². The Hall–Kier alpha value is -3.48. The lowest BCUT2D eigenvalue weighted by molar-refractivity contribution is 0.0740. The van der Waals surface area contributed by atoms with Gasteiger partial charge in [-0.15, -0.1) is 0 Å². The highest BCUT2D eigenvalue weighted by molar-refractivity contribution is 5.92. The number of aryl methyl sites for hydroxylation is 1. The van der Waals surface area contributed by atoms with Crippen molar-refractivity contribution in [1.82, 2.24) is 19.9 Å². The number of pyridine rings is 1. The number of benzene rings is 1. The smallest absolute Gasteiger partial charge is 0.274 e. The molecule has 1 aliphatic rings. The fourth-order valence-corrected chi connectivity index (χ4v) is 3.39. The molecule has 0 saturated carbocycles. The second-order valence-corrected chi connectivity index (χ2v) is 7.10. The van der Waals surface area contributed by atoms with Crippen LogP contribution < -0.4 is 10.2 Å². The zero-order valence-corrected chi connectivity index (χ0v) is 16.5. The molecule has 3 aromatic rings. The van der Waals surface area contributed by atoms with Crippen LogP contribution in [0.15, 0.2) is 61.1 Å². The van der Waals surface area contributed by atoms with Crippen LogP contribution in [-0.2, 0) is 6.54 Å². The van der Waals surface area contributed by atoms with Gasteiger partial charge in [0, 0.05) is 38.9 Å². The first-order chi connectivity index (χ1) is 14.2. The van der Waals surface area contributed by atoms with E-state index in [0.717, 1.165) is 18.9 Å². The molecule has 3 heterocycles. The van der Waals surface area contributed by atoms with E-state index >= 15 is 0 Å². The zero-order chi connectivity index (χ0) is 20.1. The molecule has 0 radical (unpaired) electrons. The Balaban J connectivity index is 1.31. The van der Waals surface area contributed by atoms with E-state index in [4.69, 9.17) is 0 Å². The van der Waals surface area contributed by atoms with E-state index in [1.807, 2.05) is 29.2 Å². The third-order valence-electron chi connectivity index (χ3n) is 4.97. The maximum absolute atomic E-state index is 12.7. The van der Waals surface area contributed by atoms with E-state index in [1.165, 1.54) is 11.1 Å². The molecule has 2 aromatic heterocycles. The predicted octanol–water partition coefficient (Wildman–Crippen LogP) is 2.75. The fourth-order valence-electron chi connectivity index (χ4n) is 3.39. The fraction of sp³-hybridized carbons (Fsp3) is 0.273. The van der Waals surface area contributed by atoms with Gasteiger partial charge in [-0.3, -0.25) is 4.79 Å². The summed E-state index contributed by atoms with van der Waals surface area (Å²) < 4.78 is 0. The molecule has 0 aliphatic carbocycles. The van der Waals surface area contributed by atoms with Gasteiger partial charge in [0.1, 0.15) is 17.3 Å². The van der Waals surface area contributed by atoms with E-state index in [2.05, 4.69) is 50.3 Å². The van der Waals surface area contributed by atoms with Gasteiger partial charge in [-0.2, -0.15) is 0 Å². The number of amides is 1. The molecule has 0 spiro atoms. The quantitative estimate of drug-likeness (QED) is 0.724. The van der Waals surface area contributed by atoms with Crippen molar-refractivity contribution in [2.75, 3.05) is 36.4 Å². The van der Waals surface area contributed by atoms with Crippen molar-refractivity contribution in [3.05, 3.63) is 77.9 Å². The standard InChI is InChI=1S/C22H24N6O/c1-17-5-4-6-18(13-17)14-25-20-16-24-19(15-26-20)22(29)28-11-9-27(10-12-28)21-7-2-3-8-23-21/h2-8,13,15-16H,9-12,14H2,1H3,(H,25,26). The average Bonchev–Trinajstić information content (AvgIpc) is 2.78. The Labute approximate surface area is 170 Å². The molecule has 0 atom stereocenters. The normalized spacial score (nSPS) is 14.0. The number of hydrogen-bond acceptors (Lipinski definition) is 6. The highest BCUT2D eigenvalue weighted by Gasteiger charge is 2.23. The number of piperazine rings is 1. The lowest BCUT2D eigenvalue weighted by atomic mass is 10.1. The molecule has 29 heavy (non-hydrogen) atoms. The van der Waals surface area contributed by atoms with Gasteiger partial charge in [-0.1, -0.05) is 35.9 Å². The predicted molar refractivity (Wildman–Crippen MR) is 113 cm³/mol. The summed E-state index contributed by atoms with van der Waals surface area (Å²) in [5, 5.41) is 3.25. The van der Waals surface area contributed by atoms with Gasteiger partial charge in [-0.05, 0) is 24.6 Å². The molecule has 0 bridgehead atoms. The van der Waals surface area contributed by atoms with Crippen LogP contribution in [-0.4, -0.2) is 51.9 Å². The van der Waals surface area contributed by atoms with Crippen molar-refractivity contribution in [2.45, 2.75) is 13.5 Å². The molecule has 1 fully saturated rings. The minimum absolute atomic E-state index is 0.0802. The molecular weight excluding hydrogens is 364 g/mol. The SMILES string of the molecule is Cc1cccc(CNc2cnc(C(=O)N3CCN(c4ccccn4)CC3)cn2)c1. The molecular formula is C22H24N6O. The van der Waals surface area contributed by atoms with Crippen LogP contribution in [0, 0.1) is 6.92 Å². The minimum atomic E-state index is -0.0802. The van der Waals surface area contributed by atoms with Crippen molar-refractivity contribution in [2.24, 2.45) is 0 Å². The highest BCUT2D eigenvalue weighted by atomic mass is 16.2. The molecule has 7 heteroatoms. The summed E-state index contributed by atoms with van der Waals surface area (Å²) >= 11 is 0. The van der Waals surface area contributed by atoms with Gasteiger partial charge >= 0.3 is 0 Å². The van der Waals surface area contributed by atoms with E-state index in [-0.39, 0.29) is 5.91 Å². The van der Waals surface area contributed by atoms with Crippen molar-refractivity contribution in [1.29, 1.82) is 0 Å². The van der Waals surface area contributed by atoms with Gasteiger partial charge < -0.3 is 15.1 Å². The summed E-state index contributed by atoms with van der Waals surface area (Å²) in [6.07, 6.45) is 4.95. The van der Waals surface area contributed by atoms with Crippen LogP contribution in [0.1, 0.15) is 21.6 Å². The van der Waals surface area contributed by atoms with Gasteiger partial charge in [0.05, 0.1) is 12.4 Å². The molecule has 148 valence electrons. The number of carbonyl (C=O) groups is 1. The van der Waals surface area contributed by atoms with E-state index in [9.17, 15) is 4.79 Å². The van der Waals surface area contributed by atoms with Gasteiger partial charge in [-0.25, -0.2) is 15.0 Å². The van der Waals surface area contributed by atoms with Crippen molar-refractivity contribution < 1.29 is 4.79 Å². The number of hydrogen-bond donors (Lipinski definition) is 1. The monoisotopic (exact) mass is 388 g/mol. The summed E-state index contributed by atoms with van der Waals surface area (Å²) in [7, 11) is 0. The van der Waals surface area contributed by atoms with Crippen LogP contribution in [0.3, 0.4) is 0 Å². The molecule has 1 aliphatic heterocycles. The molecule has 7 nitrogen and oxygen atoms in total. The largest absolute Gasteiger partial charge is 0.365 e. The number of nitrogens with one attached hydrogen (secondary N) is 1. The van der Waals surface area contributed by atoms with Gasteiger partial charge in [0.2, 0.25) is 0 Å². The van der Waals surface area contributed by atoms with Gasteiger partial charge in [0.15, 0.2) is 0 Å². The summed E-state index contributed by atoms with van der Waals surface area (Å²) in [6.45, 7) is 5.53. The summed E-state index contributed by atoms with van der Waals surface area (Å²) in [4.78, 5) is 29.8.